The third-order valence-corrected chi connectivity index (χ3v) is 8.33. The molecule has 0 aliphatic heterocycles. The van der Waals surface area contributed by atoms with Crippen molar-refractivity contribution < 1.29 is 0 Å². The highest BCUT2D eigenvalue weighted by molar-refractivity contribution is 6.90. The van der Waals surface area contributed by atoms with Crippen molar-refractivity contribution in [3.8, 4) is 0 Å². The molecule has 0 saturated heterocycles. The van der Waals surface area contributed by atoms with Crippen LogP contribution in [0.15, 0.2) is 42.5 Å². The van der Waals surface area contributed by atoms with Gasteiger partial charge in [0.25, 0.3) is 0 Å². The lowest BCUT2D eigenvalue weighted by Crippen LogP contribution is -2.44. The second-order valence-electron chi connectivity index (χ2n) is 5.14. The second-order valence-corrected chi connectivity index (χ2v) is 10.1. The fraction of sp³-hybridized carbons (Fsp3) is 0.467. The van der Waals surface area contributed by atoms with Crippen molar-refractivity contribution in [2.45, 2.75) is 45.3 Å². The lowest BCUT2D eigenvalue weighted by molar-refractivity contribution is 0.786. The standard InChI is InChI=1S/C15H24Si/c1-5-6-8-11-14(2)16(3,4)15-12-9-7-10-13-15/h5-7,9-10,12-14H,8,11H2,1-4H3/b6-5+. The number of hydrogen-bond acceptors (Lipinski definition) is 0. The zero-order chi connectivity index (χ0) is 12.0. The normalized spacial score (nSPS) is 14.2. The lowest BCUT2D eigenvalue weighted by Gasteiger charge is -2.30. The third-order valence-electron chi connectivity index (χ3n) is 3.75. The molecule has 0 N–H and O–H groups in total. The van der Waals surface area contributed by atoms with Crippen LogP contribution in [-0.2, 0) is 0 Å². The molecule has 0 radical (unpaired) electrons. The molecule has 0 aliphatic rings. The Hall–Kier alpha value is -0.823. The highest BCUT2D eigenvalue weighted by Crippen LogP contribution is 2.26. The molecule has 1 unspecified atom stereocenters. The highest BCUT2D eigenvalue weighted by Gasteiger charge is 2.29. The monoisotopic (exact) mass is 232 g/mol. The van der Waals surface area contributed by atoms with Gasteiger partial charge in [-0.3, -0.25) is 0 Å². The molecule has 0 amide bonds. The minimum atomic E-state index is -1.27. The average molecular weight is 232 g/mol. The Labute approximate surface area is 101 Å². The summed E-state index contributed by atoms with van der Waals surface area (Å²) >= 11 is 0. The SMILES string of the molecule is C/C=C/CCC(C)[Si](C)(C)c1ccccc1. The van der Waals surface area contributed by atoms with E-state index in [0.717, 1.165) is 5.54 Å². The largest absolute Gasteiger partial charge is 0.0917 e. The van der Waals surface area contributed by atoms with E-state index in [1.54, 1.807) is 5.19 Å². The van der Waals surface area contributed by atoms with Gasteiger partial charge >= 0.3 is 0 Å². The van der Waals surface area contributed by atoms with Crippen LogP contribution < -0.4 is 5.19 Å². The zero-order valence-electron chi connectivity index (χ0n) is 11.0. The van der Waals surface area contributed by atoms with Gasteiger partial charge in [0.15, 0.2) is 0 Å². The van der Waals surface area contributed by atoms with Crippen LogP contribution in [0.25, 0.3) is 0 Å². The van der Waals surface area contributed by atoms with Crippen LogP contribution in [0.3, 0.4) is 0 Å². The topological polar surface area (TPSA) is 0 Å². The van der Waals surface area contributed by atoms with Crippen LogP contribution in [0.4, 0.5) is 0 Å². The summed E-state index contributed by atoms with van der Waals surface area (Å²) in [5, 5.41) is 1.59. The van der Waals surface area contributed by atoms with Crippen molar-refractivity contribution in [2.24, 2.45) is 0 Å². The molecule has 0 nitrogen and oxygen atoms in total. The van der Waals surface area contributed by atoms with Gasteiger partial charge in [-0.25, -0.2) is 0 Å². The summed E-state index contributed by atoms with van der Waals surface area (Å²) in [5.74, 6) is 0. The first-order valence-corrected chi connectivity index (χ1v) is 9.33. The first-order chi connectivity index (χ1) is 7.59. The van der Waals surface area contributed by atoms with E-state index in [4.69, 9.17) is 0 Å². The Morgan fingerprint density at radius 1 is 1.19 bits per heavy atom. The number of rotatable bonds is 5. The summed E-state index contributed by atoms with van der Waals surface area (Å²) in [6.07, 6.45) is 6.98. The Bertz CT molecular complexity index is 325. The molecule has 0 aromatic heterocycles. The van der Waals surface area contributed by atoms with Gasteiger partial charge in [0, 0.05) is 0 Å². The van der Waals surface area contributed by atoms with E-state index < -0.39 is 8.07 Å². The van der Waals surface area contributed by atoms with E-state index in [-0.39, 0.29) is 0 Å². The van der Waals surface area contributed by atoms with Crippen LogP contribution >= 0.6 is 0 Å². The smallest absolute Gasteiger partial charge is 0.0834 e. The number of benzene rings is 1. The molecule has 0 bridgehead atoms. The molecule has 1 aromatic rings. The maximum absolute atomic E-state index is 2.49. The van der Waals surface area contributed by atoms with Gasteiger partial charge in [-0.1, -0.05) is 67.7 Å². The first kappa shape index (κ1) is 13.2. The van der Waals surface area contributed by atoms with E-state index in [0.29, 0.717) is 0 Å². The maximum atomic E-state index is 2.49. The van der Waals surface area contributed by atoms with Gasteiger partial charge in [-0.15, -0.1) is 0 Å². The van der Waals surface area contributed by atoms with Crippen LogP contribution in [0.2, 0.25) is 18.6 Å². The highest BCUT2D eigenvalue weighted by atomic mass is 28.3. The summed E-state index contributed by atoms with van der Waals surface area (Å²) in [7, 11) is -1.27. The second kappa shape index (κ2) is 6.05. The quantitative estimate of drug-likeness (QED) is 0.523. The third kappa shape index (κ3) is 3.34. The molecule has 1 rings (SSSR count). The molecule has 0 fully saturated rings. The van der Waals surface area contributed by atoms with Crippen molar-refractivity contribution in [1.82, 2.24) is 0 Å². The first-order valence-electron chi connectivity index (χ1n) is 6.25. The minimum absolute atomic E-state index is 0.839. The number of hydrogen-bond donors (Lipinski definition) is 0. The van der Waals surface area contributed by atoms with E-state index in [2.05, 4.69) is 69.4 Å². The number of allylic oxidation sites excluding steroid dienone is 2. The summed E-state index contributed by atoms with van der Waals surface area (Å²) in [6.45, 7) is 9.50. The maximum Gasteiger partial charge on any atom is 0.0834 e. The molecular weight excluding hydrogens is 208 g/mol. The Balaban J connectivity index is 2.69. The van der Waals surface area contributed by atoms with E-state index in [9.17, 15) is 0 Å². The van der Waals surface area contributed by atoms with Crippen LogP contribution in [0.1, 0.15) is 26.7 Å². The predicted molar refractivity (Wildman–Crippen MR) is 77.0 cm³/mol. The van der Waals surface area contributed by atoms with Crippen LogP contribution in [0, 0.1) is 0 Å². The van der Waals surface area contributed by atoms with Gasteiger partial charge in [0.05, 0.1) is 8.07 Å². The summed E-state index contributed by atoms with van der Waals surface area (Å²) in [6, 6.07) is 11.1. The molecule has 16 heavy (non-hydrogen) atoms. The summed E-state index contributed by atoms with van der Waals surface area (Å²) in [5.41, 5.74) is 0.839. The predicted octanol–water partition coefficient (Wildman–Crippen LogP) is 4.35. The van der Waals surface area contributed by atoms with E-state index in [1.807, 2.05) is 0 Å². The molecule has 1 atom stereocenters. The zero-order valence-corrected chi connectivity index (χ0v) is 12.0. The van der Waals surface area contributed by atoms with Gasteiger partial charge in [0.2, 0.25) is 0 Å². The fourth-order valence-corrected chi connectivity index (χ4v) is 4.53. The molecule has 0 saturated carbocycles. The van der Waals surface area contributed by atoms with Crippen molar-refractivity contribution in [3.05, 3.63) is 42.5 Å². The van der Waals surface area contributed by atoms with Gasteiger partial charge in [0.1, 0.15) is 0 Å². The molecule has 0 spiro atoms. The molecule has 88 valence electrons. The van der Waals surface area contributed by atoms with Crippen LogP contribution in [0.5, 0.6) is 0 Å². The molecule has 0 aliphatic carbocycles. The van der Waals surface area contributed by atoms with Crippen molar-refractivity contribution in [3.63, 3.8) is 0 Å². The average Bonchev–Trinajstić information content (AvgIpc) is 2.30. The van der Waals surface area contributed by atoms with Gasteiger partial charge in [-0.2, -0.15) is 0 Å². The van der Waals surface area contributed by atoms with E-state index in [1.165, 1.54) is 12.8 Å². The van der Waals surface area contributed by atoms with E-state index >= 15 is 0 Å². The molecule has 1 heteroatoms. The molecular formula is C15H24Si. The van der Waals surface area contributed by atoms with Crippen molar-refractivity contribution in [1.29, 1.82) is 0 Å². The Morgan fingerprint density at radius 2 is 1.81 bits per heavy atom. The summed E-state index contributed by atoms with van der Waals surface area (Å²) in [4.78, 5) is 0. The lowest BCUT2D eigenvalue weighted by atomic mass is 10.2. The molecule has 0 heterocycles. The Kier molecular flexibility index (Phi) is 5.00. The Morgan fingerprint density at radius 3 is 2.38 bits per heavy atom. The van der Waals surface area contributed by atoms with Gasteiger partial charge < -0.3 is 0 Å². The summed E-state index contributed by atoms with van der Waals surface area (Å²) < 4.78 is 0. The van der Waals surface area contributed by atoms with Gasteiger partial charge in [-0.05, 0) is 25.3 Å². The molecule has 1 aromatic carbocycles. The van der Waals surface area contributed by atoms with Crippen LogP contribution in [-0.4, -0.2) is 8.07 Å². The van der Waals surface area contributed by atoms with Crippen molar-refractivity contribution in [2.75, 3.05) is 0 Å². The fourth-order valence-electron chi connectivity index (χ4n) is 2.03. The van der Waals surface area contributed by atoms with Crippen molar-refractivity contribution >= 4 is 13.3 Å². The minimum Gasteiger partial charge on any atom is -0.0917 e.